The Morgan fingerprint density at radius 3 is 2.29 bits per heavy atom. The van der Waals surface area contributed by atoms with Crippen LogP contribution in [0.3, 0.4) is 0 Å². The fraction of sp³-hybridized carbons (Fsp3) is 0.167. The molecule has 0 bridgehead atoms. The van der Waals surface area contributed by atoms with Crippen molar-refractivity contribution in [3.63, 3.8) is 0 Å². The van der Waals surface area contributed by atoms with E-state index < -0.39 is 0 Å². The van der Waals surface area contributed by atoms with Gasteiger partial charge in [-0.2, -0.15) is 0 Å². The van der Waals surface area contributed by atoms with Gasteiger partial charge in [-0.15, -0.1) is 0 Å². The predicted molar refractivity (Wildman–Crippen MR) is 69.6 cm³/mol. The van der Waals surface area contributed by atoms with Gasteiger partial charge in [0.25, 0.3) is 5.69 Å². The Balaban J connectivity index is 2.69. The maximum Gasteiger partial charge on any atom is 0.285 e. The number of nitro benzene ring substituents is 1. The number of nitrogens with zero attached hydrogens (tertiary/aromatic N) is 2. The Kier molecular flexibility index (Phi) is 3.02. The average Bonchev–Trinajstić information content (AvgIpc) is 2.59. The van der Waals surface area contributed by atoms with E-state index in [0.717, 1.165) is 17.1 Å². The predicted octanol–water partition coefficient (Wildman–Crippen LogP) is 3.76. The van der Waals surface area contributed by atoms with Gasteiger partial charge in [-0.1, -0.05) is 6.07 Å². The number of halogens is 1. The van der Waals surface area contributed by atoms with Crippen LogP contribution in [0, 0.1) is 24.0 Å². The SMILES string of the molecule is Cc1ccc(C)n1-c1cccc([N+](=O)[O-])c1Br. The maximum absolute atomic E-state index is 10.9. The first kappa shape index (κ1) is 11.9. The Morgan fingerprint density at radius 1 is 1.18 bits per heavy atom. The summed E-state index contributed by atoms with van der Waals surface area (Å²) in [7, 11) is 0. The monoisotopic (exact) mass is 294 g/mol. The second kappa shape index (κ2) is 4.33. The molecule has 0 radical (unpaired) electrons. The molecule has 88 valence electrons. The summed E-state index contributed by atoms with van der Waals surface area (Å²) in [5.74, 6) is 0. The Labute approximate surface area is 107 Å². The Hall–Kier alpha value is -1.62. The molecular weight excluding hydrogens is 284 g/mol. The van der Waals surface area contributed by atoms with Gasteiger partial charge in [-0.25, -0.2) is 0 Å². The normalized spacial score (nSPS) is 10.5. The number of aromatic nitrogens is 1. The van der Waals surface area contributed by atoms with E-state index in [1.807, 2.05) is 36.6 Å². The summed E-state index contributed by atoms with van der Waals surface area (Å²) in [4.78, 5) is 10.5. The molecule has 0 fully saturated rings. The molecule has 4 nitrogen and oxygen atoms in total. The number of aryl methyl sites for hydroxylation is 2. The van der Waals surface area contributed by atoms with Crippen molar-refractivity contribution in [1.29, 1.82) is 0 Å². The standard InChI is InChI=1S/C12H11BrN2O2/c1-8-6-7-9(2)14(8)10-4-3-5-11(12(10)13)15(16)17/h3-7H,1-2H3. The van der Waals surface area contributed by atoms with Gasteiger partial charge in [0.05, 0.1) is 10.6 Å². The van der Waals surface area contributed by atoms with Crippen LogP contribution in [0.5, 0.6) is 0 Å². The van der Waals surface area contributed by atoms with Crippen molar-refractivity contribution in [3.8, 4) is 5.69 Å². The van der Waals surface area contributed by atoms with Gasteiger partial charge in [0, 0.05) is 17.5 Å². The first-order valence-corrected chi connectivity index (χ1v) is 5.90. The van der Waals surface area contributed by atoms with Crippen LogP contribution in [-0.2, 0) is 0 Å². The molecule has 0 amide bonds. The van der Waals surface area contributed by atoms with E-state index in [9.17, 15) is 10.1 Å². The molecule has 2 aromatic rings. The van der Waals surface area contributed by atoms with Crippen LogP contribution < -0.4 is 0 Å². The zero-order valence-electron chi connectivity index (χ0n) is 9.48. The van der Waals surface area contributed by atoms with Crippen LogP contribution in [0.1, 0.15) is 11.4 Å². The molecule has 0 spiro atoms. The summed E-state index contributed by atoms with van der Waals surface area (Å²) < 4.78 is 2.49. The summed E-state index contributed by atoms with van der Waals surface area (Å²) >= 11 is 3.31. The molecule has 0 unspecified atom stereocenters. The largest absolute Gasteiger partial charge is 0.317 e. The minimum absolute atomic E-state index is 0.0787. The summed E-state index contributed by atoms with van der Waals surface area (Å²) in [5.41, 5.74) is 2.96. The molecular formula is C12H11BrN2O2. The van der Waals surface area contributed by atoms with E-state index >= 15 is 0 Å². The number of rotatable bonds is 2. The second-order valence-corrected chi connectivity index (χ2v) is 4.61. The molecule has 1 aromatic carbocycles. The fourth-order valence-electron chi connectivity index (χ4n) is 1.87. The van der Waals surface area contributed by atoms with Crippen LogP contribution >= 0.6 is 15.9 Å². The van der Waals surface area contributed by atoms with Crippen LogP contribution in [0.4, 0.5) is 5.69 Å². The lowest BCUT2D eigenvalue weighted by Crippen LogP contribution is -2.01. The van der Waals surface area contributed by atoms with Crippen LogP contribution in [-0.4, -0.2) is 9.49 Å². The van der Waals surface area contributed by atoms with E-state index in [0.29, 0.717) is 4.47 Å². The molecule has 0 saturated carbocycles. The third-order valence-corrected chi connectivity index (χ3v) is 3.48. The highest BCUT2D eigenvalue weighted by atomic mass is 79.9. The highest BCUT2D eigenvalue weighted by molar-refractivity contribution is 9.10. The summed E-state index contributed by atoms with van der Waals surface area (Å²) in [5, 5.41) is 10.9. The van der Waals surface area contributed by atoms with Crippen molar-refractivity contribution in [2.45, 2.75) is 13.8 Å². The van der Waals surface area contributed by atoms with E-state index in [1.165, 1.54) is 6.07 Å². The Morgan fingerprint density at radius 2 is 1.76 bits per heavy atom. The third-order valence-electron chi connectivity index (χ3n) is 2.67. The smallest absolute Gasteiger partial charge is 0.285 e. The van der Waals surface area contributed by atoms with E-state index in [2.05, 4.69) is 15.9 Å². The number of hydrogen-bond donors (Lipinski definition) is 0. The lowest BCUT2D eigenvalue weighted by molar-refractivity contribution is -0.385. The minimum Gasteiger partial charge on any atom is -0.317 e. The molecule has 2 rings (SSSR count). The fourth-order valence-corrected chi connectivity index (χ4v) is 2.46. The van der Waals surface area contributed by atoms with Gasteiger partial charge in [0.2, 0.25) is 0 Å². The zero-order valence-corrected chi connectivity index (χ0v) is 11.1. The van der Waals surface area contributed by atoms with Crippen molar-refractivity contribution in [2.75, 3.05) is 0 Å². The van der Waals surface area contributed by atoms with Crippen molar-refractivity contribution in [1.82, 2.24) is 4.57 Å². The molecule has 1 heterocycles. The zero-order chi connectivity index (χ0) is 12.6. The highest BCUT2D eigenvalue weighted by Crippen LogP contribution is 2.32. The quantitative estimate of drug-likeness (QED) is 0.625. The van der Waals surface area contributed by atoms with Crippen molar-refractivity contribution < 1.29 is 4.92 Å². The topological polar surface area (TPSA) is 48.1 Å². The van der Waals surface area contributed by atoms with Crippen LogP contribution in [0.15, 0.2) is 34.8 Å². The van der Waals surface area contributed by atoms with Gasteiger partial charge < -0.3 is 4.57 Å². The van der Waals surface area contributed by atoms with Crippen LogP contribution in [0.25, 0.3) is 5.69 Å². The molecule has 0 N–H and O–H groups in total. The average molecular weight is 295 g/mol. The van der Waals surface area contributed by atoms with Gasteiger partial charge in [-0.3, -0.25) is 10.1 Å². The van der Waals surface area contributed by atoms with Gasteiger partial charge in [0.15, 0.2) is 0 Å². The van der Waals surface area contributed by atoms with Gasteiger partial charge >= 0.3 is 0 Å². The van der Waals surface area contributed by atoms with Gasteiger partial charge in [0.1, 0.15) is 4.47 Å². The lowest BCUT2D eigenvalue weighted by atomic mass is 10.2. The van der Waals surface area contributed by atoms with Crippen molar-refractivity contribution in [2.24, 2.45) is 0 Å². The lowest BCUT2D eigenvalue weighted by Gasteiger charge is -2.11. The first-order chi connectivity index (χ1) is 8.02. The molecule has 1 aromatic heterocycles. The van der Waals surface area contributed by atoms with E-state index in [1.54, 1.807) is 6.07 Å². The number of benzene rings is 1. The molecule has 0 aliphatic heterocycles. The Bertz CT molecular complexity index is 571. The molecule has 0 saturated heterocycles. The second-order valence-electron chi connectivity index (χ2n) is 3.82. The molecule has 5 heteroatoms. The minimum atomic E-state index is -0.387. The number of hydrogen-bond acceptors (Lipinski definition) is 2. The van der Waals surface area contributed by atoms with Crippen molar-refractivity contribution >= 4 is 21.6 Å². The highest BCUT2D eigenvalue weighted by Gasteiger charge is 2.17. The van der Waals surface area contributed by atoms with E-state index in [-0.39, 0.29) is 10.6 Å². The molecule has 0 atom stereocenters. The third kappa shape index (κ3) is 1.98. The summed E-state index contributed by atoms with van der Waals surface area (Å²) in [6.07, 6.45) is 0. The molecule has 17 heavy (non-hydrogen) atoms. The first-order valence-electron chi connectivity index (χ1n) is 5.10. The van der Waals surface area contributed by atoms with Crippen molar-refractivity contribution in [3.05, 3.63) is 56.3 Å². The molecule has 0 aliphatic rings. The number of nitro groups is 1. The molecule has 0 aliphatic carbocycles. The summed E-state index contributed by atoms with van der Waals surface area (Å²) in [6.45, 7) is 3.94. The van der Waals surface area contributed by atoms with E-state index in [4.69, 9.17) is 0 Å². The maximum atomic E-state index is 10.9. The van der Waals surface area contributed by atoms with Crippen LogP contribution in [0.2, 0.25) is 0 Å². The summed E-state index contributed by atoms with van der Waals surface area (Å²) in [6, 6.07) is 9.01. The van der Waals surface area contributed by atoms with Gasteiger partial charge in [-0.05, 0) is 48.0 Å².